The van der Waals surface area contributed by atoms with E-state index >= 15 is 0 Å². The van der Waals surface area contributed by atoms with Gasteiger partial charge < -0.3 is 9.47 Å². The van der Waals surface area contributed by atoms with Crippen molar-refractivity contribution in [2.24, 2.45) is 0 Å². The lowest BCUT2D eigenvalue weighted by atomic mass is 10.2. The summed E-state index contributed by atoms with van der Waals surface area (Å²) >= 11 is 0. The minimum atomic E-state index is -0.538. The van der Waals surface area contributed by atoms with Crippen LogP contribution in [-0.2, 0) is 4.74 Å². The maximum absolute atomic E-state index is 11.6. The van der Waals surface area contributed by atoms with Crippen molar-refractivity contribution in [1.82, 2.24) is 9.97 Å². The van der Waals surface area contributed by atoms with Crippen molar-refractivity contribution in [1.29, 1.82) is 0 Å². The highest BCUT2D eigenvalue weighted by atomic mass is 16.5. The Kier molecular flexibility index (Phi) is 3.72. The first kappa shape index (κ1) is 12.3. The summed E-state index contributed by atoms with van der Waals surface area (Å²) in [5.41, 5.74) is 0.666. The quantitative estimate of drug-likeness (QED) is 0.774. The predicted molar refractivity (Wildman–Crippen MR) is 66.7 cm³/mol. The van der Waals surface area contributed by atoms with E-state index in [-0.39, 0.29) is 5.82 Å². The number of carbonyl (C=O) groups excluding carboxylic acids is 1. The summed E-state index contributed by atoms with van der Waals surface area (Å²) in [7, 11) is 0. The molecule has 1 heterocycles. The van der Waals surface area contributed by atoms with Gasteiger partial charge in [0.2, 0.25) is 11.7 Å². The number of aromatic nitrogens is 2. The molecule has 1 aromatic carbocycles. The molecule has 0 N–H and O–H groups in total. The van der Waals surface area contributed by atoms with Crippen molar-refractivity contribution in [3.05, 3.63) is 30.1 Å². The Labute approximate surface area is 105 Å². The van der Waals surface area contributed by atoms with Gasteiger partial charge in [-0.1, -0.05) is 12.1 Å². The number of benzene rings is 1. The average Bonchev–Trinajstić information content (AvgIpc) is 2.39. The second-order valence-electron chi connectivity index (χ2n) is 3.52. The molecule has 94 valence electrons. The van der Waals surface area contributed by atoms with Crippen LogP contribution in [0.2, 0.25) is 0 Å². The molecule has 0 saturated heterocycles. The maximum atomic E-state index is 11.6. The molecule has 0 bridgehead atoms. The van der Waals surface area contributed by atoms with Gasteiger partial charge in [-0.05, 0) is 26.0 Å². The number of ether oxygens (including phenoxy) is 2. The Morgan fingerprint density at radius 2 is 1.94 bits per heavy atom. The summed E-state index contributed by atoms with van der Waals surface area (Å²) in [5, 5.41) is 0.785. The van der Waals surface area contributed by atoms with Gasteiger partial charge in [-0.25, -0.2) is 9.78 Å². The summed E-state index contributed by atoms with van der Waals surface area (Å²) < 4.78 is 10.3. The second-order valence-corrected chi connectivity index (χ2v) is 3.52. The van der Waals surface area contributed by atoms with Crippen molar-refractivity contribution in [2.45, 2.75) is 13.8 Å². The molecular formula is C13H14N2O3. The van der Waals surface area contributed by atoms with Crippen molar-refractivity contribution in [3.63, 3.8) is 0 Å². The smallest absolute Gasteiger partial charge is 0.376 e. The van der Waals surface area contributed by atoms with Crippen LogP contribution in [0.1, 0.15) is 24.5 Å². The van der Waals surface area contributed by atoms with Crippen LogP contribution in [0.3, 0.4) is 0 Å². The number of para-hydroxylation sites is 1. The fourth-order valence-corrected chi connectivity index (χ4v) is 1.58. The highest BCUT2D eigenvalue weighted by Crippen LogP contribution is 2.22. The number of hydrogen-bond acceptors (Lipinski definition) is 5. The van der Waals surface area contributed by atoms with E-state index in [0.717, 1.165) is 5.39 Å². The molecule has 18 heavy (non-hydrogen) atoms. The van der Waals surface area contributed by atoms with Gasteiger partial charge in [-0.3, -0.25) is 0 Å². The molecule has 0 spiro atoms. The van der Waals surface area contributed by atoms with Crippen LogP contribution in [-0.4, -0.2) is 29.2 Å². The van der Waals surface area contributed by atoms with Crippen LogP contribution in [0, 0.1) is 0 Å². The molecule has 0 aliphatic rings. The van der Waals surface area contributed by atoms with E-state index in [1.807, 2.05) is 31.2 Å². The number of nitrogens with zero attached hydrogens (tertiary/aromatic N) is 2. The zero-order valence-electron chi connectivity index (χ0n) is 10.3. The van der Waals surface area contributed by atoms with Crippen molar-refractivity contribution < 1.29 is 14.3 Å². The van der Waals surface area contributed by atoms with E-state index in [2.05, 4.69) is 9.97 Å². The van der Waals surface area contributed by atoms with Gasteiger partial charge in [0.25, 0.3) is 0 Å². The summed E-state index contributed by atoms with van der Waals surface area (Å²) in [6, 6.07) is 7.38. The highest BCUT2D eigenvalue weighted by molar-refractivity contribution is 5.90. The number of rotatable bonds is 4. The van der Waals surface area contributed by atoms with Gasteiger partial charge in [-0.2, -0.15) is 4.98 Å². The molecule has 5 heteroatoms. The van der Waals surface area contributed by atoms with Gasteiger partial charge in [0.05, 0.1) is 24.1 Å². The van der Waals surface area contributed by atoms with Crippen molar-refractivity contribution >= 4 is 16.9 Å². The number of hydrogen-bond donors (Lipinski definition) is 0. The predicted octanol–water partition coefficient (Wildman–Crippen LogP) is 2.21. The molecule has 0 atom stereocenters. The monoisotopic (exact) mass is 246 g/mol. The molecule has 2 aromatic rings. The molecule has 0 fully saturated rings. The normalized spacial score (nSPS) is 10.3. The van der Waals surface area contributed by atoms with Crippen LogP contribution in [0.25, 0.3) is 10.9 Å². The largest absolute Gasteiger partial charge is 0.477 e. The van der Waals surface area contributed by atoms with E-state index in [9.17, 15) is 4.79 Å². The molecular weight excluding hydrogens is 232 g/mol. The molecule has 1 aromatic heterocycles. The molecule has 2 rings (SSSR count). The summed E-state index contributed by atoms with van der Waals surface area (Å²) in [5.74, 6) is -0.102. The lowest BCUT2D eigenvalue weighted by Crippen LogP contribution is -2.11. The highest BCUT2D eigenvalue weighted by Gasteiger charge is 2.15. The first-order valence-electron chi connectivity index (χ1n) is 5.83. The Morgan fingerprint density at radius 3 is 2.67 bits per heavy atom. The minimum absolute atomic E-state index is 0.0269. The SMILES string of the molecule is CCOC(=O)c1nc(OCC)c2ccccc2n1. The molecule has 0 saturated carbocycles. The summed E-state index contributed by atoms with van der Waals surface area (Å²) in [4.78, 5) is 19.9. The van der Waals surface area contributed by atoms with E-state index in [4.69, 9.17) is 9.47 Å². The lowest BCUT2D eigenvalue weighted by molar-refractivity contribution is 0.0511. The van der Waals surface area contributed by atoms with Crippen LogP contribution < -0.4 is 4.74 Å². The number of fused-ring (bicyclic) bond motifs is 1. The topological polar surface area (TPSA) is 61.3 Å². The average molecular weight is 246 g/mol. The third-order valence-electron chi connectivity index (χ3n) is 2.31. The first-order valence-corrected chi connectivity index (χ1v) is 5.83. The van der Waals surface area contributed by atoms with Gasteiger partial charge in [0.1, 0.15) is 0 Å². The second kappa shape index (κ2) is 5.44. The first-order chi connectivity index (χ1) is 8.76. The molecule has 0 aliphatic heterocycles. The molecule has 5 nitrogen and oxygen atoms in total. The Balaban J connectivity index is 2.53. The Bertz CT molecular complexity index is 569. The maximum Gasteiger partial charge on any atom is 0.376 e. The minimum Gasteiger partial charge on any atom is -0.477 e. The van der Waals surface area contributed by atoms with Crippen molar-refractivity contribution in [2.75, 3.05) is 13.2 Å². The fourth-order valence-electron chi connectivity index (χ4n) is 1.58. The van der Waals surface area contributed by atoms with E-state index < -0.39 is 5.97 Å². The lowest BCUT2D eigenvalue weighted by Gasteiger charge is -2.08. The van der Waals surface area contributed by atoms with Crippen LogP contribution >= 0.6 is 0 Å². The van der Waals surface area contributed by atoms with Gasteiger partial charge >= 0.3 is 5.97 Å². The Morgan fingerprint density at radius 1 is 1.17 bits per heavy atom. The van der Waals surface area contributed by atoms with Crippen molar-refractivity contribution in [3.8, 4) is 5.88 Å². The molecule has 0 aliphatic carbocycles. The van der Waals surface area contributed by atoms with Gasteiger partial charge in [0.15, 0.2) is 0 Å². The Hall–Kier alpha value is -2.17. The van der Waals surface area contributed by atoms with E-state index in [0.29, 0.717) is 24.6 Å². The standard InChI is InChI=1S/C13H14N2O3/c1-3-17-12-9-7-5-6-8-10(9)14-11(15-12)13(16)18-4-2/h5-8H,3-4H2,1-2H3. The fraction of sp³-hybridized carbons (Fsp3) is 0.308. The van der Waals surface area contributed by atoms with Crippen LogP contribution in [0.5, 0.6) is 5.88 Å². The molecule has 0 amide bonds. The third kappa shape index (κ3) is 2.40. The van der Waals surface area contributed by atoms with E-state index in [1.54, 1.807) is 6.92 Å². The van der Waals surface area contributed by atoms with Crippen LogP contribution in [0.4, 0.5) is 0 Å². The number of esters is 1. The third-order valence-corrected chi connectivity index (χ3v) is 2.31. The van der Waals surface area contributed by atoms with Gasteiger partial charge in [0, 0.05) is 0 Å². The molecule has 0 radical (unpaired) electrons. The van der Waals surface area contributed by atoms with E-state index in [1.165, 1.54) is 0 Å². The zero-order valence-corrected chi connectivity index (χ0v) is 10.3. The summed E-state index contributed by atoms with van der Waals surface area (Å²) in [6.07, 6.45) is 0. The van der Waals surface area contributed by atoms with Crippen LogP contribution in [0.15, 0.2) is 24.3 Å². The molecule has 0 unspecified atom stereocenters. The summed E-state index contributed by atoms with van der Waals surface area (Å²) in [6.45, 7) is 4.37. The zero-order chi connectivity index (χ0) is 13.0. The van der Waals surface area contributed by atoms with Gasteiger partial charge in [-0.15, -0.1) is 0 Å². The number of carbonyl (C=O) groups is 1.